The van der Waals surface area contributed by atoms with Gasteiger partial charge in [0.25, 0.3) is 8.32 Å². The molecule has 3 aromatic rings. The number of primary amides is 1. The molecule has 7 heteroatoms. The van der Waals surface area contributed by atoms with Crippen LogP contribution >= 0.6 is 0 Å². The first-order valence-electron chi connectivity index (χ1n) is 15.0. The molecule has 0 spiro atoms. The van der Waals surface area contributed by atoms with Gasteiger partial charge in [-0.1, -0.05) is 73.6 Å². The first-order valence-corrected chi connectivity index (χ1v) is 17.1. The molecule has 0 aliphatic carbocycles. The van der Waals surface area contributed by atoms with Crippen molar-refractivity contribution < 1.29 is 14.0 Å². The number of hydrogen-bond acceptors (Lipinski definition) is 3. The highest BCUT2D eigenvalue weighted by Crippen LogP contribution is 2.44. The number of fused-ring (bicyclic) bond motifs is 1. The van der Waals surface area contributed by atoms with Crippen LogP contribution in [0.3, 0.4) is 0 Å². The molecule has 0 atom stereocenters. The van der Waals surface area contributed by atoms with Crippen LogP contribution in [0.25, 0.3) is 10.9 Å². The van der Waals surface area contributed by atoms with Crippen molar-refractivity contribution in [3.8, 4) is 5.75 Å². The average molecular weight is 578 g/mol. The Bertz CT molecular complexity index is 1410. The van der Waals surface area contributed by atoms with Crippen LogP contribution in [0, 0.1) is 19.3 Å². The number of nitrogens with two attached hydrogens (primary N) is 1. The zero-order valence-corrected chi connectivity index (χ0v) is 28.2. The third-order valence-electron chi connectivity index (χ3n) is 8.93. The second-order valence-electron chi connectivity index (χ2n) is 13.5. The summed E-state index contributed by atoms with van der Waals surface area (Å²) in [5, 5.41) is 3.90. The topological polar surface area (TPSA) is 86.4 Å². The summed E-state index contributed by atoms with van der Waals surface area (Å²) < 4.78 is 9.44. The first-order chi connectivity index (χ1) is 18.9. The van der Waals surface area contributed by atoms with Gasteiger partial charge in [0.1, 0.15) is 11.2 Å². The summed E-state index contributed by atoms with van der Waals surface area (Å²) >= 11 is 0. The van der Waals surface area contributed by atoms with Crippen LogP contribution in [-0.4, -0.2) is 24.7 Å². The molecule has 0 radical (unpaired) electrons. The molecule has 224 valence electrons. The molecule has 3 rings (SSSR count). The van der Waals surface area contributed by atoms with Crippen molar-refractivity contribution in [1.82, 2.24) is 4.57 Å². The van der Waals surface area contributed by atoms with E-state index >= 15 is 0 Å². The lowest BCUT2D eigenvalue weighted by atomic mass is 9.91. The standard InChI is InChI=1S/C34H51N3O3Si/c1-20(2)27-18-26(14-16-30(27)40-41(21(3)4,22(5)6)23(7)8)19-37-25(10)17-28-29(15-13-24(9)31(28)37)36-33(39)34(11,12)32(35)38/h13-18,20-23H,19H2,1-12H3,(H2,35,38)(H,36,39). The lowest BCUT2D eigenvalue weighted by Crippen LogP contribution is -2.50. The van der Waals surface area contributed by atoms with Gasteiger partial charge in [0, 0.05) is 17.6 Å². The minimum Gasteiger partial charge on any atom is -0.542 e. The van der Waals surface area contributed by atoms with E-state index in [2.05, 4.69) is 103 Å². The van der Waals surface area contributed by atoms with E-state index in [1.54, 1.807) is 13.8 Å². The van der Waals surface area contributed by atoms with Gasteiger partial charge in [0.05, 0.1) is 11.2 Å². The maximum atomic E-state index is 12.9. The quantitative estimate of drug-likeness (QED) is 0.177. The zero-order chi connectivity index (χ0) is 31.0. The minimum atomic E-state index is -2.09. The van der Waals surface area contributed by atoms with E-state index in [4.69, 9.17) is 10.2 Å². The largest absolute Gasteiger partial charge is 0.542 e. The summed E-state index contributed by atoms with van der Waals surface area (Å²) in [5.41, 5.74) is 12.1. The number of nitrogens with zero attached hydrogens (tertiary/aromatic N) is 1. The number of nitrogens with one attached hydrogen (secondary N) is 1. The first kappa shape index (κ1) is 32.5. The van der Waals surface area contributed by atoms with Crippen LogP contribution in [-0.2, 0) is 16.1 Å². The van der Waals surface area contributed by atoms with Gasteiger partial charge in [-0.3, -0.25) is 9.59 Å². The van der Waals surface area contributed by atoms with E-state index in [1.165, 1.54) is 11.1 Å². The molecule has 0 saturated carbocycles. The molecule has 0 fully saturated rings. The van der Waals surface area contributed by atoms with Gasteiger partial charge >= 0.3 is 0 Å². The second-order valence-corrected chi connectivity index (χ2v) is 18.8. The third kappa shape index (κ3) is 6.10. The molecule has 0 bridgehead atoms. The maximum absolute atomic E-state index is 12.9. The van der Waals surface area contributed by atoms with Crippen LogP contribution in [0.15, 0.2) is 36.4 Å². The number of carbonyl (C=O) groups excluding carboxylic acids is 2. The third-order valence-corrected chi connectivity index (χ3v) is 14.9. The SMILES string of the molecule is Cc1ccc(NC(=O)C(C)(C)C(N)=O)c2cc(C)n(Cc3ccc(O[Si](C(C)C)(C(C)C)C(C)C)c(C(C)C)c3)c12. The molecule has 0 aliphatic heterocycles. The van der Waals surface area contributed by atoms with E-state index in [9.17, 15) is 9.59 Å². The van der Waals surface area contributed by atoms with E-state index in [-0.39, 0.29) is 0 Å². The fourth-order valence-corrected chi connectivity index (χ4v) is 11.6. The lowest BCUT2D eigenvalue weighted by Gasteiger charge is -2.43. The Morgan fingerprint density at radius 2 is 1.51 bits per heavy atom. The Kier molecular flexibility index (Phi) is 9.53. The Morgan fingerprint density at radius 1 is 0.927 bits per heavy atom. The highest BCUT2D eigenvalue weighted by atomic mass is 28.4. The van der Waals surface area contributed by atoms with Crippen LogP contribution in [0.1, 0.15) is 97.5 Å². The predicted octanol–water partition coefficient (Wildman–Crippen LogP) is 8.43. The predicted molar refractivity (Wildman–Crippen MR) is 174 cm³/mol. The lowest BCUT2D eigenvalue weighted by molar-refractivity contribution is -0.136. The van der Waals surface area contributed by atoms with Crippen molar-refractivity contribution in [3.63, 3.8) is 0 Å². The number of anilines is 1. The number of benzene rings is 2. The molecular formula is C34H51N3O3Si. The average Bonchev–Trinajstić information content (AvgIpc) is 3.20. The van der Waals surface area contributed by atoms with Crippen molar-refractivity contribution in [2.75, 3.05) is 5.32 Å². The van der Waals surface area contributed by atoms with Gasteiger partial charge in [-0.25, -0.2) is 0 Å². The van der Waals surface area contributed by atoms with E-state index < -0.39 is 25.5 Å². The van der Waals surface area contributed by atoms with Crippen LogP contribution in [0.5, 0.6) is 5.75 Å². The van der Waals surface area contributed by atoms with Crippen LogP contribution < -0.4 is 15.5 Å². The normalized spacial score (nSPS) is 12.7. The molecule has 2 amide bonds. The van der Waals surface area contributed by atoms with Gasteiger partial charge in [0.2, 0.25) is 11.8 Å². The molecule has 1 aromatic heterocycles. The summed E-state index contributed by atoms with van der Waals surface area (Å²) in [6.45, 7) is 26.4. The van der Waals surface area contributed by atoms with E-state index in [0.717, 1.165) is 27.9 Å². The minimum absolute atomic E-state index is 0.322. The molecule has 0 unspecified atom stereocenters. The Hall–Kier alpha value is -3.06. The van der Waals surface area contributed by atoms with Crippen LogP contribution in [0.2, 0.25) is 16.6 Å². The van der Waals surface area contributed by atoms with Crippen molar-refractivity contribution in [2.45, 2.75) is 112 Å². The number of aromatic nitrogens is 1. The number of rotatable bonds is 11. The number of carbonyl (C=O) groups is 2. The Labute approximate surface area is 248 Å². The number of amides is 2. The number of hydrogen-bond donors (Lipinski definition) is 2. The molecule has 1 heterocycles. The fourth-order valence-electron chi connectivity index (χ4n) is 6.35. The molecule has 6 nitrogen and oxygen atoms in total. The summed E-state index contributed by atoms with van der Waals surface area (Å²) in [6.07, 6.45) is 0. The molecule has 2 aromatic carbocycles. The van der Waals surface area contributed by atoms with Crippen molar-refractivity contribution >= 4 is 36.7 Å². The second kappa shape index (κ2) is 12.0. The van der Waals surface area contributed by atoms with E-state index in [0.29, 0.717) is 34.8 Å². The molecule has 41 heavy (non-hydrogen) atoms. The van der Waals surface area contributed by atoms with Gasteiger partial charge in [-0.2, -0.15) is 0 Å². The zero-order valence-electron chi connectivity index (χ0n) is 27.2. The van der Waals surface area contributed by atoms with Crippen molar-refractivity contribution in [3.05, 3.63) is 58.8 Å². The molecule has 0 saturated heterocycles. The monoisotopic (exact) mass is 577 g/mol. The highest BCUT2D eigenvalue weighted by Gasteiger charge is 2.47. The van der Waals surface area contributed by atoms with Crippen molar-refractivity contribution in [2.24, 2.45) is 11.1 Å². The highest BCUT2D eigenvalue weighted by molar-refractivity contribution is 6.78. The van der Waals surface area contributed by atoms with Gasteiger partial charge in [-0.15, -0.1) is 0 Å². The van der Waals surface area contributed by atoms with Crippen molar-refractivity contribution in [1.29, 1.82) is 0 Å². The molecule has 3 N–H and O–H groups in total. The Morgan fingerprint density at radius 3 is 2.02 bits per heavy atom. The van der Waals surface area contributed by atoms with Crippen LogP contribution in [0.4, 0.5) is 5.69 Å². The Balaban J connectivity index is 2.05. The summed E-state index contributed by atoms with van der Waals surface area (Å²) in [6, 6.07) is 12.7. The van der Waals surface area contributed by atoms with Gasteiger partial charge < -0.3 is 20.0 Å². The summed E-state index contributed by atoms with van der Waals surface area (Å²) in [4.78, 5) is 24.8. The molecule has 0 aliphatic rings. The number of aryl methyl sites for hydroxylation is 2. The maximum Gasteiger partial charge on any atom is 0.258 e. The smallest absolute Gasteiger partial charge is 0.258 e. The van der Waals surface area contributed by atoms with Gasteiger partial charge in [0.15, 0.2) is 0 Å². The van der Waals surface area contributed by atoms with Gasteiger partial charge in [-0.05, 0) is 85.1 Å². The summed E-state index contributed by atoms with van der Waals surface area (Å²) in [5.74, 6) is 0.277. The summed E-state index contributed by atoms with van der Waals surface area (Å²) in [7, 11) is -2.09. The van der Waals surface area contributed by atoms with E-state index in [1.807, 2.05) is 12.1 Å². The molecular weight excluding hydrogens is 526 g/mol. The fraction of sp³-hybridized carbons (Fsp3) is 0.529.